The normalized spacial score (nSPS) is 24.4. The van der Waals surface area contributed by atoms with E-state index in [0.717, 1.165) is 56.8 Å². The highest BCUT2D eigenvalue weighted by Gasteiger charge is 2.40. The number of hydrogen-bond donors (Lipinski definition) is 1. The third-order valence-electron chi connectivity index (χ3n) is 5.52. The second-order valence-corrected chi connectivity index (χ2v) is 7.05. The fraction of sp³-hybridized carbons (Fsp3) is 0.632. The summed E-state index contributed by atoms with van der Waals surface area (Å²) in [6, 6.07) is 7.76. The van der Waals surface area contributed by atoms with Crippen LogP contribution in [0.1, 0.15) is 38.2 Å². The number of aliphatic hydroxyl groups is 1. The fourth-order valence-electron chi connectivity index (χ4n) is 4.04. The second-order valence-electron chi connectivity index (χ2n) is 7.05. The van der Waals surface area contributed by atoms with E-state index in [1.54, 1.807) is 7.11 Å². The maximum absolute atomic E-state index is 11.8. The van der Waals surface area contributed by atoms with Gasteiger partial charge in [0.05, 0.1) is 7.11 Å². The lowest BCUT2D eigenvalue weighted by Crippen LogP contribution is -2.48. The summed E-state index contributed by atoms with van der Waals surface area (Å²) in [5.41, 5.74) is 0.00933. The highest BCUT2D eigenvalue weighted by atomic mass is 16.5. The lowest BCUT2D eigenvalue weighted by molar-refractivity contribution is -0.128. The summed E-state index contributed by atoms with van der Waals surface area (Å²) in [6.45, 7) is 5.38. The van der Waals surface area contributed by atoms with Gasteiger partial charge in [0, 0.05) is 32.1 Å². The molecule has 2 unspecified atom stereocenters. The number of nitrogens with zero attached hydrogens (tertiary/aromatic N) is 2. The highest BCUT2D eigenvalue weighted by molar-refractivity contribution is 5.78. The summed E-state index contributed by atoms with van der Waals surface area (Å²) in [5.74, 6) is 1.07. The first kappa shape index (κ1) is 17.2. The standard InChI is InChI=1S/C19H28N2O3/c1-19(23,15-7-9-16(24-2)10-8-15)17-5-3-11-20(17)13-14-21-12-4-6-18(21)22/h7-10,17,23H,3-6,11-14H2,1-2H3. The number of hydrogen-bond acceptors (Lipinski definition) is 4. The van der Waals surface area contributed by atoms with Gasteiger partial charge in [-0.25, -0.2) is 0 Å². The summed E-state index contributed by atoms with van der Waals surface area (Å²) < 4.78 is 5.20. The van der Waals surface area contributed by atoms with Gasteiger partial charge in [0.1, 0.15) is 11.4 Å². The first-order valence-corrected chi connectivity index (χ1v) is 8.91. The lowest BCUT2D eigenvalue weighted by Gasteiger charge is -2.37. The summed E-state index contributed by atoms with van der Waals surface area (Å²) in [6.07, 6.45) is 3.73. The third kappa shape index (κ3) is 3.42. The molecule has 132 valence electrons. The molecule has 2 fully saturated rings. The van der Waals surface area contributed by atoms with Gasteiger partial charge in [-0.3, -0.25) is 9.69 Å². The van der Waals surface area contributed by atoms with Gasteiger partial charge in [0.2, 0.25) is 5.91 Å². The highest BCUT2D eigenvalue weighted by Crippen LogP contribution is 2.35. The van der Waals surface area contributed by atoms with Crippen LogP contribution < -0.4 is 4.74 Å². The lowest BCUT2D eigenvalue weighted by atomic mass is 9.86. The molecule has 2 heterocycles. The van der Waals surface area contributed by atoms with Crippen molar-refractivity contribution in [2.75, 3.05) is 33.3 Å². The van der Waals surface area contributed by atoms with Crippen molar-refractivity contribution in [2.45, 2.75) is 44.2 Å². The summed E-state index contributed by atoms with van der Waals surface area (Å²) in [5, 5.41) is 11.2. The molecule has 1 aromatic rings. The number of methoxy groups -OCH3 is 1. The summed E-state index contributed by atoms with van der Waals surface area (Å²) >= 11 is 0. The van der Waals surface area contributed by atoms with Crippen molar-refractivity contribution >= 4 is 5.91 Å². The molecule has 0 bridgehead atoms. The Balaban J connectivity index is 1.67. The molecule has 0 radical (unpaired) electrons. The van der Waals surface area contributed by atoms with E-state index in [-0.39, 0.29) is 11.9 Å². The Bertz CT molecular complexity index is 570. The van der Waals surface area contributed by atoms with Crippen LogP contribution >= 0.6 is 0 Å². The molecule has 3 rings (SSSR count). The van der Waals surface area contributed by atoms with E-state index < -0.39 is 5.60 Å². The molecule has 0 spiro atoms. The molecule has 2 aliphatic rings. The number of amides is 1. The van der Waals surface area contributed by atoms with Crippen LogP contribution in [0.2, 0.25) is 0 Å². The number of likely N-dealkylation sites (tertiary alicyclic amines) is 2. The number of carbonyl (C=O) groups is 1. The largest absolute Gasteiger partial charge is 0.497 e. The van der Waals surface area contributed by atoms with Gasteiger partial charge < -0.3 is 14.7 Å². The Morgan fingerprint density at radius 2 is 1.96 bits per heavy atom. The maximum Gasteiger partial charge on any atom is 0.222 e. The first-order chi connectivity index (χ1) is 11.5. The van der Waals surface area contributed by atoms with Crippen LogP contribution in [-0.4, -0.2) is 60.1 Å². The molecule has 0 aromatic heterocycles. The van der Waals surface area contributed by atoms with Gasteiger partial charge in [-0.2, -0.15) is 0 Å². The smallest absolute Gasteiger partial charge is 0.222 e. The van der Waals surface area contributed by atoms with E-state index in [1.807, 2.05) is 36.1 Å². The van der Waals surface area contributed by atoms with Gasteiger partial charge in [-0.05, 0) is 50.4 Å². The van der Waals surface area contributed by atoms with Crippen LogP contribution in [0.4, 0.5) is 0 Å². The zero-order chi connectivity index (χ0) is 17.2. The quantitative estimate of drug-likeness (QED) is 0.866. The minimum atomic E-state index is -0.905. The van der Waals surface area contributed by atoms with Crippen LogP contribution in [0.15, 0.2) is 24.3 Å². The predicted molar refractivity (Wildman–Crippen MR) is 93.0 cm³/mol. The predicted octanol–water partition coefficient (Wildman–Crippen LogP) is 1.99. The van der Waals surface area contributed by atoms with Gasteiger partial charge in [0.25, 0.3) is 0 Å². The molecule has 5 heteroatoms. The second kappa shape index (κ2) is 7.11. The van der Waals surface area contributed by atoms with Gasteiger partial charge >= 0.3 is 0 Å². The first-order valence-electron chi connectivity index (χ1n) is 8.91. The van der Waals surface area contributed by atoms with E-state index in [0.29, 0.717) is 6.42 Å². The number of carbonyl (C=O) groups excluding carboxylic acids is 1. The van der Waals surface area contributed by atoms with Crippen LogP contribution in [0.3, 0.4) is 0 Å². The van der Waals surface area contributed by atoms with E-state index in [9.17, 15) is 9.90 Å². The van der Waals surface area contributed by atoms with Crippen molar-refractivity contribution in [1.82, 2.24) is 9.80 Å². The third-order valence-corrected chi connectivity index (χ3v) is 5.52. The van der Waals surface area contributed by atoms with Crippen molar-refractivity contribution in [3.05, 3.63) is 29.8 Å². The van der Waals surface area contributed by atoms with E-state index in [4.69, 9.17) is 4.74 Å². The molecule has 5 nitrogen and oxygen atoms in total. The fourth-order valence-corrected chi connectivity index (χ4v) is 4.04. The van der Waals surface area contributed by atoms with E-state index in [2.05, 4.69) is 4.90 Å². The molecule has 2 atom stereocenters. The number of ether oxygens (including phenoxy) is 1. The molecule has 1 N–H and O–H groups in total. The Kier molecular flexibility index (Phi) is 5.11. The molecule has 1 aromatic carbocycles. The average molecular weight is 332 g/mol. The van der Waals surface area contributed by atoms with Gasteiger partial charge in [-0.1, -0.05) is 12.1 Å². The minimum absolute atomic E-state index is 0.0867. The van der Waals surface area contributed by atoms with Gasteiger partial charge in [-0.15, -0.1) is 0 Å². The maximum atomic E-state index is 11.8. The van der Waals surface area contributed by atoms with Crippen molar-refractivity contribution < 1.29 is 14.6 Å². The topological polar surface area (TPSA) is 53.0 Å². The summed E-state index contributed by atoms with van der Waals surface area (Å²) in [4.78, 5) is 16.1. The van der Waals surface area contributed by atoms with Crippen LogP contribution in [0, 0.1) is 0 Å². The monoisotopic (exact) mass is 332 g/mol. The van der Waals surface area contributed by atoms with Crippen molar-refractivity contribution in [2.24, 2.45) is 0 Å². The number of rotatable bonds is 6. The van der Waals surface area contributed by atoms with Crippen LogP contribution in [0.5, 0.6) is 5.75 Å². The molecule has 0 saturated carbocycles. The molecule has 2 saturated heterocycles. The summed E-state index contributed by atoms with van der Waals surface area (Å²) in [7, 11) is 1.64. The van der Waals surface area contributed by atoms with E-state index >= 15 is 0 Å². The van der Waals surface area contributed by atoms with Crippen molar-refractivity contribution in [3.63, 3.8) is 0 Å². The average Bonchev–Trinajstić information content (AvgIpc) is 3.22. The van der Waals surface area contributed by atoms with Gasteiger partial charge in [0.15, 0.2) is 0 Å². The SMILES string of the molecule is COc1ccc(C(C)(O)C2CCCN2CCN2CCCC2=O)cc1. The molecule has 2 aliphatic heterocycles. The van der Waals surface area contributed by atoms with Crippen molar-refractivity contribution in [3.8, 4) is 5.75 Å². The number of benzene rings is 1. The molecular weight excluding hydrogens is 304 g/mol. The zero-order valence-electron chi connectivity index (χ0n) is 14.7. The van der Waals surface area contributed by atoms with Crippen molar-refractivity contribution in [1.29, 1.82) is 0 Å². The Labute approximate surface area is 144 Å². The Hall–Kier alpha value is -1.59. The molecule has 0 aliphatic carbocycles. The zero-order valence-corrected chi connectivity index (χ0v) is 14.7. The molecule has 1 amide bonds. The molecular formula is C19H28N2O3. The van der Waals surface area contributed by atoms with E-state index in [1.165, 1.54) is 0 Å². The van der Waals surface area contributed by atoms with Crippen LogP contribution in [-0.2, 0) is 10.4 Å². The molecule has 24 heavy (non-hydrogen) atoms. The van der Waals surface area contributed by atoms with Crippen LogP contribution in [0.25, 0.3) is 0 Å². The Morgan fingerprint density at radius 1 is 1.21 bits per heavy atom. The Morgan fingerprint density at radius 3 is 2.58 bits per heavy atom. The minimum Gasteiger partial charge on any atom is -0.497 e.